The van der Waals surface area contributed by atoms with Crippen molar-refractivity contribution >= 4 is 10.0 Å². The Kier molecular flexibility index (Phi) is 4.32. The molecule has 22 heavy (non-hydrogen) atoms. The van der Waals surface area contributed by atoms with E-state index in [4.69, 9.17) is 0 Å². The normalized spacial score (nSPS) is 16.0. The van der Waals surface area contributed by atoms with Gasteiger partial charge in [-0.05, 0) is 61.4 Å². The number of fused-ring (bicyclic) bond motifs is 1. The lowest BCUT2D eigenvalue weighted by molar-refractivity contribution is 0.566. The molecule has 0 bridgehead atoms. The average molecular weight is 315 g/mol. The Balaban J connectivity index is 1.84. The molecule has 0 aliphatic heterocycles. The summed E-state index contributed by atoms with van der Waals surface area (Å²) in [5.74, 6) is 0. The van der Waals surface area contributed by atoms with E-state index < -0.39 is 10.0 Å². The lowest BCUT2D eigenvalue weighted by atomic mass is 9.92. The van der Waals surface area contributed by atoms with E-state index >= 15 is 0 Å². The van der Waals surface area contributed by atoms with Crippen molar-refractivity contribution in [2.45, 2.75) is 43.5 Å². The topological polar surface area (TPSA) is 46.2 Å². The van der Waals surface area contributed by atoms with Crippen LogP contribution in [0.3, 0.4) is 0 Å². The second-order valence-corrected chi connectivity index (χ2v) is 7.61. The third kappa shape index (κ3) is 3.23. The van der Waals surface area contributed by atoms with Crippen LogP contribution >= 0.6 is 0 Å². The lowest BCUT2D eigenvalue weighted by Crippen LogP contribution is -2.27. The van der Waals surface area contributed by atoms with E-state index in [-0.39, 0.29) is 6.04 Å². The molecule has 3 rings (SSSR count). The number of aryl methyl sites for hydroxylation is 2. The van der Waals surface area contributed by atoms with E-state index in [1.807, 2.05) is 49.4 Å². The molecule has 0 unspecified atom stereocenters. The van der Waals surface area contributed by atoms with Crippen molar-refractivity contribution < 1.29 is 8.42 Å². The van der Waals surface area contributed by atoms with Crippen LogP contribution in [0.1, 0.15) is 42.5 Å². The van der Waals surface area contributed by atoms with Gasteiger partial charge in [0.25, 0.3) is 0 Å². The Morgan fingerprint density at radius 1 is 0.955 bits per heavy atom. The van der Waals surface area contributed by atoms with Gasteiger partial charge in [0.15, 0.2) is 0 Å². The largest absolute Gasteiger partial charge is 0.241 e. The van der Waals surface area contributed by atoms with Crippen molar-refractivity contribution in [3.8, 4) is 0 Å². The van der Waals surface area contributed by atoms with Crippen molar-refractivity contribution in [2.75, 3.05) is 0 Å². The molecule has 0 radical (unpaired) electrons. The smallest absolute Gasteiger partial charge is 0.207 e. The molecule has 0 heterocycles. The predicted molar refractivity (Wildman–Crippen MR) is 88.3 cm³/mol. The van der Waals surface area contributed by atoms with Gasteiger partial charge in [-0.15, -0.1) is 0 Å². The SMILES string of the molecule is C[C@H](NS(=O)(=O)c1ccc2c(c1)CCCC2)c1ccccc1. The third-order valence-electron chi connectivity index (χ3n) is 4.26. The molecule has 3 nitrogen and oxygen atoms in total. The first-order chi connectivity index (χ1) is 10.6. The maximum absolute atomic E-state index is 12.6. The fourth-order valence-corrected chi connectivity index (χ4v) is 4.27. The number of benzene rings is 2. The highest BCUT2D eigenvalue weighted by Gasteiger charge is 2.20. The van der Waals surface area contributed by atoms with Gasteiger partial charge in [0, 0.05) is 6.04 Å². The zero-order chi connectivity index (χ0) is 15.6. The molecule has 116 valence electrons. The highest BCUT2D eigenvalue weighted by Crippen LogP contribution is 2.25. The van der Waals surface area contributed by atoms with E-state index in [0.29, 0.717) is 4.90 Å². The van der Waals surface area contributed by atoms with Gasteiger partial charge in [-0.25, -0.2) is 13.1 Å². The Morgan fingerprint density at radius 3 is 2.36 bits per heavy atom. The van der Waals surface area contributed by atoms with Crippen LogP contribution in [-0.4, -0.2) is 8.42 Å². The summed E-state index contributed by atoms with van der Waals surface area (Å²) < 4.78 is 27.9. The first-order valence-corrected chi connectivity index (χ1v) is 9.24. The monoisotopic (exact) mass is 315 g/mol. The molecule has 1 aliphatic carbocycles. The van der Waals surface area contributed by atoms with Crippen molar-refractivity contribution in [3.05, 3.63) is 65.2 Å². The van der Waals surface area contributed by atoms with E-state index in [2.05, 4.69) is 4.72 Å². The Bertz CT molecular complexity index is 754. The standard InChI is InChI=1S/C18H21NO2S/c1-14(15-7-3-2-4-8-15)19-22(20,21)18-12-11-16-9-5-6-10-17(16)13-18/h2-4,7-8,11-14,19H,5-6,9-10H2,1H3/t14-/m0/s1. The minimum absolute atomic E-state index is 0.248. The van der Waals surface area contributed by atoms with Crippen LogP contribution in [-0.2, 0) is 22.9 Å². The van der Waals surface area contributed by atoms with Crippen molar-refractivity contribution in [1.82, 2.24) is 4.72 Å². The summed E-state index contributed by atoms with van der Waals surface area (Å²) in [6, 6.07) is 14.9. The minimum Gasteiger partial charge on any atom is -0.207 e. The summed E-state index contributed by atoms with van der Waals surface area (Å²) in [7, 11) is -3.49. The van der Waals surface area contributed by atoms with Crippen molar-refractivity contribution in [1.29, 1.82) is 0 Å². The van der Waals surface area contributed by atoms with Crippen molar-refractivity contribution in [2.24, 2.45) is 0 Å². The van der Waals surface area contributed by atoms with Crippen LogP contribution in [0.2, 0.25) is 0 Å². The lowest BCUT2D eigenvalue weighted by Gasteiger charge is -2.18. The molecule has 0 saturated carbocycles. The number of hydrogen-bond donors (Lipinski definition) is 1. The van der Waals surface area contributed by atoms with Gasteiger partial charge < -0.3 is 0 Å². The van der Waals surface area contributed by atoms with Gasteiger partial charge in [0.2, 0.25) is 10.0 Å². The average Bonchev–Trinajstić information content (AvgIpc) is 2.55. The van der Waals surface area contributed by atoms with Gasteiger partial charge in [0.1, 0.15) is 0 Å². The number of hydrogen-bond acceptors (Lipinski definition) is 2. The Morgan fingerprint density at radius 2 is 1.64 bits per heavy atom. The molecule has 4 heteroatoms. The fraction of sp³-hybridized carbons (Fsp3) is 0.333. The molecule has 0 aromatic heterocycles. The molecule has 1 N–H and O–H groups in total. The molecule has 0 fully saturated rings. The number of sulfonamides is 1. The maximum Gasteiger partial charge on any atom is 0.241 e. The predicted octanol–water partition coefficient (Wildman–Crippen LogP) is 3.60. The zero-order valence-corrected chi connectivity index (χ0v) is 13.6. The first-order valence-electron chi connectivity index (χ1n) is 7.75. The minimum atomic E-state index is -3.49. The molecule has 0 amide bonds. The summed E-state index contributed by atoms with van der Waals surface area (Å²) in [5, 5.41) is 0. The summed E-state index contributed by atoms with van der Waals surface area (Å²) in [5.41, 5.74) is 3.44. The Labute approximate surface area is 132 Å². The van der Waals surface area contributed by atoms with Gasteiger partial charge in [-0.2, -0.15) is 0 Å². The van der Waals surface area contributed by atoms with Crippen LogP contribution in [0.4, 0.5) is 0 Å². The van der Waals surface area contributed by atoms with Gasteiger partial charge in [0.05, 0.1) is 4.90 Å². The van der Waals surface area contributed by atoms with Crippen molar-refractivity contribution in [3.63, 3.8) is 0 Å². The van der Waals surface area contributed by atoms with Crippen LogP contribution in [0.25, 0.3) is 0 Å². The summed E-state index contributed by atoms with van der Waals surface area (Å²) >= 11 is 0. The summed E-state index contributed by atoms with van der Waals surface area (Å²) in [4.78, 5) is 0.371. The molecule has 1 atom stereocenters. The van der Waals surface area contributed by atoms with E-state index in [0.717, 1.165) is 24.8 Å². The summed E-state index contributed by atoms with van der Waals surface area (Å²) in [6.07, 6.45) is 4.38. The second kappa shape index (κ2) is 6.23. The molecule has 0 saturated heterocycles. The summed E-state index contributed by atoms with van der Waals surface area (Å²) in [6.45, 7) is 1.87. The third-order valence-corrected chi connectivity index (χ3v) is 5.80. The quantitative estimate of drug-likeness (QED) is 0.937. The number of nitrogens with one attached hydrogen (secondary N) is 1. The highest BCUT2D eigenvalue weighted by molar-refractivity contribution is 7.89. The van der Waals surface area contributed by atoms with Gasteiger partial charge in [-0.3, -0.25) is 0 Å². The molecule has 0 spiro atoms. The van der Waals surface area contributed by atoms with Crippen LogP contribution in [0.5, 0.6) is 0 Å². The van der Waals surface area contributed by atoms with Gasteiger partial charge >= 0.3 is 0 Å². The van der Waals surface area contributed by atoms with Crippen LogP contribution in [0, 0.1) is 0 Å². The fourth-order valence-electron chi connectivity index (χ4n) is 2.99. The number of rotatable bonds is 4. The molecular weight excluding hydrogens is 294 g/mol. The Hall–Kier alpha value is -1.65. The van der Waals surface area contributed by atoms with Crippen LogP contribution < -0.4 is 4.72 Å². The zero-order valence-electron chi connectivity index (χ0n) is 12.7. The second-order valence-electron chi connectivity index (χ2n) is 5.89. The van der Waals surface area contributed by atoms with E-state index in [1.165, 1.54) is 17.5 Å². The molecular formula is C18H21NO2S. The van der Waals surface area contributed by atoms with E-state index in [1.54, 1.807) is 6.07 Å². The molecule has 1 aliphatic rings. The van der Waals surface area contributed by atoms with Crippen LogP contribution in [0.15, 0.2) is 53.4 Å². The molecule has 2 aromatic rings. The first kappa shape index (κ1) is 15.3. The maximum atomic E-state index is 12.6. The van der Waals surface area contributed by atoms with E-state index in [9.17, 15) is 8.42 Å². The molecule has 2 aromatic carbocycles. The highest BCUT2D eigenvalue weighted by atomic mass is 32.2. The van der Waals surface area contributed by atoms with Gasteiger partial charge in [-0.1, -0.05) is 36.4 Å².